The number of para-hydroxylation sites is 1. The van der Waals surface area contributed by atoms with Crippen molar-refractivity contribution in [3.8, 4) is 0 Å². The van der Waals surface area contributed by atoms with Crippen LogP contribution >= 0.6 is 11.6 Å². The summed E-state index contributed by atoms with van der Waals surface area (Å²) >= 11 is 6.59. The summed E-state index contributed by atoms with van der Waals surface area (Å²) in [5, 5.41) is 8.44. The molecule has 29 heavy (non-hydrogen) atoms. The molecule has 1 N–H and O–H groups in total. The number of hydrogen-bond acceptors (Lipinski definition) is 3. The van der Waals surface area contributed by atoms with E-state index in [1.807, 2.05) is 42.2 Å². The summed E-state index contributed by atoms with van der Waals surface area (Å²) in [6.45, 7) is 5.82. The van der Waals surface area contributed by atoms with E-state index >= 15 is 0 Å². The molecule has 1 fully saturated rings. The standard InChI is InChI=1S/C23H25ClN4O/c1-16-8-10-18(11-9-16)14-28-22(24)21(17(2)26-28)23(29)27-13-12-20(15-27)25-19-6-4-3-5-7-19/h3-11,20,25H,12-15H2,1-2H3. The van der Waals surface area contributed by atoms with Crippen LogP contribution in [0.2, 0.25) is 5.15 Å². The summed E-state index contributed by atoms with van der Waals surface area (Å²) in [4.78, 5) is 15.0. The molecule has 2 aromatic carbocycles. The molecule has 0 spiro atoms. The van der Waals surface area contributed by atoms with Gasteiger partial charge in [-0.1, -0.05) is 59.6 Å². The number of anilines is 1. The van der Waals surface area contributed by atoms with Crippen molar-refractivity contribution in [2.45, 2.75) is 32.9 Å². The van der Waals surface area contributed by atoms with E-state index in [4.69, 9.17) is 11.6 Å². The highest BCUT2D eigenvalue weighted by Gasteiger charge is 2.31. The highest BCUT2D eigenvalue weighted by molar-refractivity contribution is 6.33. The smallest absolute Gasteiger partial charge is 0.258 e. The molecule has 5 nitrogen and oxygen atoms in total. The van der Waals surface area contributed by atoms with Crippen LogP contribution in [-0.4, -0.2) is 39.7 Å². The number of nitrogens with zero attached hydrogens (tertiary/aromatic N) is 3. The zero-order valence-corrected chi connectivity index (χ0v) is 17.5. The summed E-state index contributed by atoms with van der Waals surface area (Å²) in [6, 6.07) is 18.6. The molecule has 1 aromatic heterocycles. The molecular formula is C23H25ClN4O. The van der Waals surface area contributed by atoms with E-state index in [0.29, 0.717) is 36.0 Å². The zero-order valence-electron chi connectivity index (χ0n) is 16.7. The molecule has 3 aromatic rings. The molecule has 2 heterocycles. The summed E-state index contributed by atoms with van der Waals surface area (Å²) < 4.78 is 1.71. The first-order valence-corrected chi connectivity index (χ1v) is 10.3. The van der Waals surface area contributed by atoms with Crippen LogP contribution in [0, 0.1) is 13.8 Å². The van der Waals surface area contributed by atoms with Crippen molar-refractivity contribution in [3.05, 3.63) is 82.1 Å². The van der Waals surface area contributed by atoms with Crippen LogP contribution < -0.4 is 5.32 Å². The van der Waals surface area contributed by atoms with E-state index in [1.165, 1.54) is 5.56 Å². The Bertz CT molecular complexity index is 998. The number of amides is 1. The topological polar surface area (TPSA) is 50.2 Å². The molecule has 1 saturated heterocycles. The monoisotopic (exact) mass is 408 g/mol. The van der Waals surface area contributed by atoms with E-state index in [0.717, 1.165) is 17.7 Å². The average Bonchev–Trinajstić information content (AvgIpc) is 3.28. The van der Waals surface area contributed by atoms with Crippen LogP contribution in [-0.2, 0) is 6.54 Å². The van der Waals surface area contributed by atoms with Crippen LogP contribution in [0.25, 0.3) is 0 Å². The lowest BCUT2D eigenvalue weighted by molar-refractivity contribution is 0.0791. The van der Waals surface area contributed by atoms with Gasteiger partial charge < -0.3 is 10.2 Å². The fourth-order valence-electron chi connectivity index (χ4n) is 3.76. The minimum absolute atomic E-state index is 0.0417. The summed E-state index contributed by atoms with van der Waals surface area (Å²) in [5.74, 6) is -0.0417. The Labute approximate surface area is 176 Å². The summed E-state index contributed by atoms with van der Waals surface area (Å²) in [6.07, 6.45) is 0.912. The van der Waals surface area contributed by atoms with Crippen molar-refractivity contribution in [1.82, 2.24) is 14.7 Å². The number of nitrogens with one attached hydrogen (secondary N) is 1. The van der Waals surface area contributed by atoms with Gasteiger partial charge in [-0.25, -0.2) is 4.68 Å². The van der Waals surface area contributed by atoms with Crippen molar-refractivity contribution < 1.29 is 4.79 Å². The molecule has 1 amide bonds. The fourth-order valence-corrected chi connectivity index (χ4v) is 4.07. The number of aromatic nitrogens is 2. The second-order valence-corrected chi connectivity index (χ2v) is 8.00. The number of aryl methyl sites for hydroxylation is 2. The third-order valence-corrected chi connectivity index (χ3v) is 5.74. The zero-order chi connectivity index (χ0) is 20.4. The van der Waals surface area contributed by atoms with Crippen LogP contribution in [0.5, 0.6) is 0 Å². The maximum absolute atomic E-state index is 13.2. The fraction of sp³-hybridized carbons (Fsp3) is 0.304. The maximum Gasteiger partial charge on any atom is 0.258 e. The number of rotatable bonds is 5. The quantitative estimate of drug-likeness (QED) is 0.674. The lowest BCUT2D eigenvalue weighted by Crippen LogP contribution is -2.32. The average molecular weight is 409 g/mol. The van der Waals surface area contributed by atoms with Gasteiger partial charge in [0.1, 0.15) is 5.15 Å². The Morgan fingerprint density at radius 3 is 2.59 bits per heavy atom. The molecule has 1 atom stereocenters. The number of carbonyl (C=O) groups excluding carboxylic acids is 1. The third-order valence-electron chi connectivity index (χ3n) is 5.35. The molecule has 1 unspecified atom stereocenters. The lowest BCUT2D eigenvalue weighted by atomic mass is 10.1. The molecule has 150 valence electrons. The Kier molecular flexibility index (Phi) is 5.58. The minimum atomic E-state index is -0.0417. The van der Waals surface area contributed by atoms with E-state index < -0.39 is 0 Å². The van der Waals surface area contributed by atoms with E-state index in [9.17, 15) is 4.79 Å². The van der Waals surface area contributed by atoms with Gasteiger partial charge in [0.2, 0.25) is 0 Å². The van der Waals surface area contributed by atoms with Crippen LogP contribution in [0.15, 0.2) is 54.6 Å². The maximum atomic E-state index is 13.2. The van der Waals surface area contributed by atoms with Crippen molar-refractivity contribution >= 4 is 23.2 Å². The summed E-state index contributed by atoms with van der Waals surface area (Å²) in [5.41, 5.74) is 4.57. The number of halogens is 1. The first-order valence-electron chi connectivity index (χ1n) is 9.90. The molecule has 1 aliphatic rings. The minimum Gasteiger partial charge on any atom is -0.380 e. The van der Waals surface area contributed by atoms with Gasteiger partial charge in [0.25, 0.3) is 5.91 Å². The number of carbonyl (C=O) groups is 1. The highest BCUT2D eigenvalue weighted by atomic mass is 35.5. The predicted molar refractivity (Wildman–Crippen MR) is 117 cm³/mol. The second kappa shape index (κ2) is 8.29. The van der Waals surface area contributed by atoms with E-state index in [2.05, 4.69) is 41.6 Å². The van der Waals surface area contributed by atoms with Crippen molar-refractivity contribution in [1.29, 1.82) is 0 Å². The Morgan fingerprint density at radius 1 is 1.14 bits per heavy atom. The van der Waals surface area contributed by atoms with Crippen LogP contribution in [0.1, 0.15) is 33.6 Å². The van der Waals surface area contributed by atoms with Gasteiger partial charge in [-0.3, -0.25) is 4.79 Å². The van der Waals surface area contributed by atoms with Gasteiger partial charge in [-0.2, -0.15) is 5.10 Å². The van der Waals surface area contributed by atoms with E-state index in [1.54, 1.807) is 4.68 Å². The Balaban J connectivity index is 1.46. The predicted octanol–water partition coefficient (Wildman–Crippen LogP) is 4.53. The normalized spacial score (nSPS) is 16.2. The van der Waals surface area contributed by atoms with Crippen molar-refractivity contribution in [2.75, 3.05) is 18.4 Å². The third kappa shape index (κ3) is 4.30. The second-order valence-electron chi connectivity index (χ2n) is 7.64. The van der Waals surface area contributed by atoms with Gasteiger partial charge in [-0.15, -0.1) is 0 Å². The molecule has 0 bridgehead atoms. The molecule has 0 saturated carbocycles. The first kappa shape index (κ1) is 19.5. The van der Waals surface area contributed by atoms with E-state index in [-0.39, 0.29) is 11.9 Å². The van der Waals surface area contributed by atoms with Gasteiger partial charge in [0.15, 0.2) is 0 Å². The highest BCUT2D eigenvalue weighted by Crippen LogP contribution is 2.25. The lowest BCUT2D eigenvalue weighted by Gasteiger charge is -2.18. The van der Waals surface area contributed by atoms with Crippen LogP contribution in [0.4, 0.5) is 5.69 Å². The van der Waals surface area contributed by atoms with Gasteiger partial charge in [0, 0.05) is 24.8 Å². The Hall–Kier alpha value is -2.79. The van der Waals surface area contributed by atoms with Crippen molar-refractivity contribution in [3.63, 3.8) is 0 Å². The number of hydrogen-bond donors (Lipinski definition) is 1. The Morgan fingerprint density at radius 2 is 1.86 bits per heavy atom. The van der Waals surface area contributed by atoms with Gasteiger partial charge in [0.05, 0.1) is 17.8 Å². The molecule has 6 heteroatoms. The van der Waals surface area contributed by atoms with Crippen LogP contribution in [0.3, 0.4) is 0 Å². The number of likely N-dealkylation sites (tertiary alicyclic amines) is 1. The first-order chi connectivity index (χ1) is 14.0. The largest absolute Gasteiger partial charge is 0.380 e. The molecule has 0 radical (unpaired) electrons. The molecule has 1 aliphatic heterocycles. The van der Waals surface area contributed by atoms with Crippen molar-refractivity contribution in [2.24, 2.45) is 0 Å². The summed E-state index contributed by atoms with van der Waals surface area (Å²) in [7, 11) is 0. The SMILES string of the molecule is Cc1ccc(Cn2nc(C)c(C(=O)N3CCC(Nc4ccccc4)C3)c2Cl)cc1. The molecule has 0 aliphatic carbocycles. The number of benzene rings is 2. The molecule has 4 rings (SSSR count). The van der Waals surface area contributed by atoms with Gasteiger partial charge >= 0.3 is 0 Å². The van der Waals surface area contributed by atoms with Gasteiger partial charge in [-0.05, 0) is 38.0 Å². The molecular weight excluding hydrogens is 384 g/mol.